The van der Waals surface area contributed by atoms with E-state index < -0.39 is 0 Å². The number of para-hydroxylation sites is 1. The van der Waals surface area contributed by atoms with E-state index in [0.717, 1.165) is 27.7 Å². The number of benzene rings is 2. The predicted molar refractivity (Wildman–Crippen MR) is 115 cm³/mol. The molecule has 3 aromatic rings. The molecule has 2 N–H and O–H groups in total. The normalized spacial score (nSPS) is 12.1. The molecule has 2 aromatic carbocycles. The summed E-state index contributed by atoms with van der Waals surface area (Å²) in [6.07, 6.45) is 0.670. The third kappa shape index (κ3) is 4.27. The minimum Gasteiger partial charge on any atom is -0.508 e. The molecule has 1 unspecified atom stereocenters. The lowest BCUT2D eigenvalue weighted by molar-refractivity contribution is -0.124. The van der Waals surface area contributed by atoms with Crippen LogP contribution in [0.2, 0.25) is 0 Å². The van der Waals surface area contributed by atoms with Gasteiger partial charge in [-0.2, -0.15) is 5.26 Å². The average molecular weight is 389 g/mol. The summed E-state index contributed by atoms with van der Waals surface area (Å²) < 4.78 is 2.16. The summed E-state index contributed by atoms with van der Waals surface area (Å²) in [4.78, 5) is 12.1. The second-order valence-corrected chi connectivity index (χ2v) is 7.89. The number of carbonyl (C=O) groups is 1. The lowest BCUT2D eigenvalue weighted by atomic mass is 10.0. The van der Waals surface area contributed by atoms with Gasteiger partial charge in [0, 0.05) is 34.1 Å². The molecule has 5 heteroatoms. The summed E-state index contributed by atoms with van der Waals surface area (Å²) in [6.45, 7) is 8.35. The first-order valence-electron chi connectivity index (χ1n) is 9.90. The Balaban J connectivity index is 2.04. The Bertz CT molecular complexity index is 1090. The van der Waals surface area contributed by atoms with Gasteiger partial charge in [0.25, 0.3) is 0 Å². The Morgan fingerprint density at radius 1 is 1.21 bits per heavy atom. The highest BCUT2D eigenvalue weighted by molar-refractivity contribution is 5.87. The van der Waals surface area contributed by atoms with Gasteiger partial charge in [-0.25, -0.2) is 0 Å². The SMILES string of the molecule is Cc1c(CC(C)NC(=O)C(C)C)c2cc(C#N)ccc2n1Cc1ccccc1O. The minimum absolute atomic E-state index is 0.0291. The first-order chi connectivity index (χ1) is 13.8. The van der Waals surface area contributed by atoms with E-state index in [1.54, 1.807) is 6.07 Å². The lowest BCUT2D eigenvalue weighted by Gasteiger charge is -2.16. The lowest BCUT2D eigenvalue weighted by Crippen LogP contribution is -2.36. The van der Waals surface area contributed by atoms with Crippen LogP contribution >= 0.6 is 0 Å². The number of aromatic nitrogens is 1. The number of carbonyl (C=O) groups excluding carboxylic acids is 1. The van der Waals surface area contributed by atoms with E-state index in [9.17, 15) is 15.2 Å². The molecule has 0 fully saturated rings. The number of fused-ring (bicyclic) bond motifs is 1. The van der Waals surface area contributed by atoms with Crippen LogP contribution < -0.4 is 5.32 Å². The maximum absolute atomic E-state index is 12.1. The van der Waals surface area contributed by atoms with Crippen molar-refractivity contribution >= 4 is 16.8 Å². The molecule has 1 heterocycles. The molecule has 0 aliphatic rings. The number of amides is 1. The molecule has 29 heavy (non-hydrogen) atoms. The average Bonchev–Trinajstić information content (AvgIpc) is 2.94. The zero-order valence-corrected chi connectivity index (χ0v) is 17.4. The van der Waals surface area contributed by atoms with Crippen molar-refractivity contribution in [2.24, 2.45) is 5.92 Å². The summed E-state index contributed by atoms with van der Waals surface area (Å²) in [5.74, 6) is 0.235. The van der Waals surface area contributed by atoms with Gasteiger partial charge < -0.3 is 15.0 Å². The maximum Gasteiger partial charge on any atom is 0.222 e. The van der Waals surface area contributed by atoms with Crippen LogP contribution in [0.1, 0.15) is 43.2 Å². The molecule has 0 spiro atoms. The topological polar surface area (TPSA) is 78.0 Å². The number of aromatic hydroxyl groups is 1. The van der Waals surface area contributed by atoms with Crippen LogP contribution in [0.4, 0.5) is 0 Å². The quantitative estimate of drug-likeness (QED) is 0.660. The number of phenolic OH excluding ortho intramolecular Hbond substituents is 1. The molecular formula is C24H27N3O2. The largest absolute Gasteiger partial charge is 0.508 e. The molecule has 3 rings (SSSR count). The Morgan fingerprint density at radius 2 is 1.93 bits per heavy atom. The standard InChI is InChI=1S/C24H27N3O2/c1-15(2)24(29)26-16(3)11-20-17(4)27(14-19-7-5-6-8-23(19)28)22-10-9-18(13-25)12-21(20)22/h5-10,12,15-16,28H,11,14H2,1-4H3,(H,26,29). The highest BCUT2D eigenvalue weighted by Gasteiger charge is 2.19. The number of rotatable bonds is 6. The molecule has 0 aliphatic heterocycles. The van der Waals surface area contributed by atoms with E-state index in [2.05, 4.69) is 22.9 Å². The fourth-order valence-corrected chi connectivity index (χ4v) is 3.66. The fourth-order valence-electron chi connectivity index (χ4n) is 3.66. The molecule has 150 valence electrons. The first-order valence-corrected chi connectivity index (χ1v) is 9.90. The first kappa shape index (κ1) is 20.5. The van der Waals surface area contributed by atoms with E-state index in [4.69, 9.17) is 0 Å². The predicted octanol–water partition coefficient (Wildman–Crippen LogP) is 4.28. The van der Waals surface area contributed by atoms with Crippen LogP contribution in [0.5, 0.6) is 5.75 Å². The van der Waals surface area contributed by atoms with Gasteiger partial charge in [0.15, 0.2) is 0 Å². The van der Waals surface area contributed by atoms with Crippen molar-refractivity contribution in [3.63, 3.8) is 0 Å². The van der Waals surface area contributed by atoms with Crippen LogP contribution in [0.3, 0.4) is 0 Å². The second-order valence-electron chi connectivity index (χ2n) is 7.89. The molecule has 0 saturated heterocycles. The number of nitriles is 1. The van der Waals surface area contributed by atoms with E-state index in [-0.39, 0.29) is 23.6 Å². The van der Waals surface area contributed by atoms with Crippen LogP contribution in [0.15, 0.2) is 42.5 Å². The van der Waals surface area contributed by atoms with Crippen molar-refractivity contribution in [1.82, 2.24) is 9.88 Å². The molecule has 5 nitrogen and oxygen atoms in total. The van der Waals surface area contributed by atoms with E-state index in [1.165, 1.54) is 0 Å². The monoisotopic (exact) mass is 389 g/mol. The fraction of sp³-hybridized carbons (Fsp3) is 0.333. The van der Waals surface area contributed by atoms with Crippen molar-refractivity contribution in [3.05, 3.63) is 64.8 Å². The smallest absolute Gasteiger partial charge is 0.222 e. The van der Waals surface area contributed by atoms with E-state index in [0.29, 0.717) is 18.5 Å². The molecule has 0 aliphatic carbocycles. The zero-order chi connectivity index (χ0) is 21.1. The summed E-state index contributed by atoms with van der Waals surface area (Å²) in [6, 6.07) is 15.2. The third-order valence-corrected chi connectivity index (χ3v) is 5.33. The maximum atomic E-state index is 12.1. The highest BCUT2D eigenvalue weighted by atomic mass is 16.3. The number of nitrogens with one attached hydrogen (secondary N) is 1. The summed E-state index contributed by atoms with van der Waals surface area (Å²) in [7, 11) is 0. The molecular weight excluding hydrogens is 362 g/mol. The van der Waals surface area contributed by atoms with E-state index in [1.807, 2.05) is 57.2 Å². The van der Waals surface area contributed by atoms with Gasteiger partial charge in [0.05, 0.1) is 18.2 Å². The molecule has 0 saturated carbocycles. The Hall–Kier alpha value is -3.26. The number of phenols is 1. The Labute approximate surface area is 171 Å². The molecule has 0 bridgehead atoms. The second kappa shape index (κ2) is 8.40. The van der Waals surface area contributed by atoms with Gasteiger partial charge in [-0.3, -0.25) is 4.79 Å². The van der Waals surface area contributed by atoms with Crippen LogP contribution in [-0.4, -0.2) is 21.6 Å². The molecule has 1 aromatic heterocycles. The number of hydrogen-bond acceptors (Lipinski definition) is 3. The van der Waals surface area contributed by atoms with Gasteiger partial charge in [-0.15, -0.1) is 0 Å². The third-order valence-electron chi connectivity index (χ3n) is 5.33. The van der Waals surface area contributed by atoms with Gasteiger partial charge in [-0.1, -0.05) is 32.0 Å². The van der Waals surface area contributed by atoms with Crippen molar-refractivity contribution in [2.45, 2.75) is 46.7 Å². The van der Waals surface area contributed by atoms with Gasteiger partial charge in [-0.05, 0) is 50.1 Å². The Kier molecular flexibility index (Phi) is 5.93. The van der Waals surface area contributed by atoms with Crippen LogP contribution in [0, 0.1) is 24.2 Å². The van der Waals surface area contributed by atoms with Crippen LogP contribution in [0.25, 0.3) is 10.9 Å². The van der Waals surface area contributed by atoms with E-state index >= 15 is 0 Å². The van der Waals surface area contributed by atoms with Gasteiger partial charge >= 0.3 is 0 Å². The molecule has 0 radical (unpaired) electrons. The minimum atomic E-state index is -0.0638. The zero-order valence-electron chi connectivity index (χ0n) is 17.4. The number of nitrogens with zero attached hydrogens (tertiary/aromatic N) is 2. The van der Waals surface area contributed by atoms with Crippen molar-refractivity contribution in [2.75, 3.05) is 0 Å². The highest BCUT2D eigenvalue weighted by Crippen LogP contribution is 2.30. The summed E-state index contributed by atoms with van der Waals surface area (Å²) in [5.41, 5.74) is 4.65. The van der Waals surface area contributed by atoms with Crippen molar-refractivity contribution in [1.29, 1.82) is 5.26 Å². The summed E-state index contributed by atoms with van der Waals surface area (Å²) >= 11 is 0. The Morgan fingerprint density at radius 3 is 2.59 bits per heavy atom. The van der Waals surface area contributed by atoms with Gasteiger partial charge in [0.1, 0.15) is 5.75 Å². The molecule has 1 atom stereocenters. The molecule has 1 amide bonds. The van der Waals surface area contributed by atoms with Crippen molar-refractivity contribution in [3.8, 4) is 11.8 Å². The van der Waals surface area contributed by atoms with Crippen LogP contribution in [-0.2, 0) is 17.8 Å². The number of hydrogen-bond donors (Lipinski definition) is 2. The van der Waals surface area contributed by atoms with Crippen molar-refractivity contribution < 1.29 is 9.90 Å². The van der Waals surface area contributed by atoms with Gasteiger partial charge in [0.2, 0.25) is 5.91 Å². The summed E-state index contributed by atoms with van der Waals surface area (Å²) in [5, 5.41) is 23.6.